The van der Waals surface area contributed by atoms with Gasteiger partial charge in [0.15, 0.2) is 0 Å². The Kier molecular flexibility index (Phi) is 7.20. The Morgan fingerprint density at radius 3 is 2.31 bits per heavy atom. The molecular formula is C25H30N2O5. The molecule has 0 aliphatic carbocycles. The first kappa shape index (κ1) is 23.3. The Balaban J connectivity index is 2.12. The molecular weight excluding hydrogens is 408 g/mol. The highest BCUT2D eigenvalue weighted by molar-refractivity contribution is 6.46. The molecule has 1 saturated heterocycles. The number of likely N-dealkylation sites (N-methyl/N-ethyl adjacent to an activating group) is 1. The molecule has 1 atom stereocenters. The number of phenolic OH excluding ortho intramolecular Hbond substituents is 1. The summed E-state index contributed by atoms with van der Waals surface area (Å²) < 4.78 is 5.23. The lowest BCUT2D eigenvalue weighted by Gasteiger charge is -2.28. The Bertz CT molecular complexity index is 1030. The maximum absolute atomic E-state index is 13.1. The van der Waals surface area contributed by atoms with Crippen LogP contribution in [0, 0.1) is 6.92 Å². The van der Waals surface area contributed by atoms with Crippen molar-refractivity contribution in [3.63, 3.8) is 0 Å². The number of phenols is 1. The fourth-order valence-corrected chi connectivity index (χ4v) is 4.08. The summed E-state index contributed by atoms with van der Waals surface area (Å²) >= 11 is 0. The van der Waals surface area contributed by atoms with Gasteiger partial charge in [-0.3, -0.25) is 9.59 Å². The standard InChI is InChI=1S/C25H30N2O5/c1-5-26(6-2)13-14-27-22(17-7-9-18(28)10-8-17)21(24(30)25(27)31)23(29)20-12-11-19(32-4)15-16(20)3/h7-12,15,22,28-29H,5-6,13-14H2,1-4H3/b23-21+. The maximum atomic E-state index is 13.1. The summed E-state index contributed by atoms with van der Waals surface area (Å²) in [6.07, 6.45) is 0. The number of carbonyl (C=O) groups excluding carboxylic acids is 2. The van der Waals surface area contributed by atoms with Gasteiger partial charge >= 0.3 is 0 Å². The molecule has 0 spiro atoms. The second kappa shape index (κ2) is 9.87. The lowest BCUT2D eigenvalue weighted by atomic mass is 9.94. The van der Waals surface area contributed by atoms with Crippen LogP contribution in [0.3, 0.4) is 0 Å². The number of amides is 1. The van der Waals surface area contributed by atoms with Gasteiger partial charge in [0.25, 0.3) is 11.7 Å². The van der Waals surface area contributed by atoms with Gasteiger partial charge in [-0.05, 0) is 61.5 Å². The van der Waals surface area contributed by atoms with Crippen LogP contribution in [0.4, 0.5) is 0 Å². The lowest BCUT2D eigenvalue weighted by molar-refractivity contribution is -0.140. The van der Waals surface area contributed by atoms with E-state index >= 15 is 0 Å². The highest BCUT2D eigenvalue weighted by Gasteiger charge is 2.46. The van der Waals surface area contributed by atoms with E-state index in [9.17, 15) is 19.8 Å². The molecule has 1 amide bonds. The first-order valence-corrected chi connectivity index (χ1v) is 10.8. The van der Waals surface area contributed by atoms with Gasteiger partial charge in [0.05, 0.1) is 18.7 Å². The highest BCUT2D eigenvalue weighted by Crippen LogP contribution is 2.40. The van der Waals surface area contributed by atoms with E-state index in [0.29, 0.717) is 30.0 Å². The van der Waals surface area contributed by atoms with Gasteiger partial charge in [0.2, 0.25) is 0 Å². The average Bonchev–Trinajstić information content (AvgIpc) is 3.04. The van der Waals surface area contributed by atoms with Gasteiger partial charge in [-0.25, -0.2) is 0 Å². The summed E-state index contributed by atoms with van der Waals surface area (Å²) in [7, 11) is 1.56. The Morgan fingerprint density at radius 1 is 1.09 bits per heavy atom. The Labute approximate surface area is 188 Å². The largest absolute Gasteiger partial charge is 0.508 e. The maximum Gasteiger partial charge on any atom is 0.295 e. The third-order valence-corrected chi connectivity index (χ3v) is 5.99. The number of likely N-dealkylation sites (tertiary alicyclic amines) is 1. The van der Waals surface area contributed by atoms with E-state index in [4.69, 9.17) is 4.74 Å². The number of aliphatic hydroxyl groups excluding tert-OH is 1. The topological polar surface area (TPSA) is 90.3 Å². The number of methoxy groups -OCH3 is 1. The Hall–Kier alpha value is -3.32. The SMILES string of the molecule is CCN(CC)CCN1C(=O)C(=O)/C(=C(/O)c2ccc(OC)cc2C)C1c1ccc(O)cc1. The van der Waals surface area contributed by atoms with Gasteiger partial charge in [-0.2, -0.15) is 0 Å². The van der Waals surface area contributed by atoms with E-state index in [1.54, 1.807) is 37.4 Å². The number of benzene rings is 2. The second-order valence-corrected chi connectivity index (χ2v) is 7.79. The van der Waals surface area contributed by atoms with Gasteiger partial charge in [-0.1, -0.05) is 26.0 Å². The molecule has 170 valence electrons. The highest BCUT2D eigenvalue weighted by atomic mass is 16.5. The van der Waals surface area contributed by atoms with E-state index in [0.717, 1.165) is 18.7 Å². The van der Waals surface area contributed by atoms with Crippen LogP contribution in [-0.2, 0) is 9.59 Å². The lowest BCUT2D eigenvalue weighted by Crippen LogP contribution is -2.38. The van der Waals surface area contributed by atoms with Gasteiger partial charge in [-0.15, -0.1) is 0 Å². The number of aryl methyl sites for hydroxylation is 1. The molecule has 2 aromatic carbocycles. The number of hydrogen-bond acceptors (Lipinski definition) is 6. The molecule has 1 unspecified atom stereocenters. The van der Waals surface area contributed by atoms with Crippen molar-refractivity contribution in [1.29, 1.82) is 0 Å². The number of rotatable bonds is 8. The number of hydrogen-bond donors (Lipinski definition) is 2. The normalized spacial score (nSPS) is 17.9. The van der Waals surface area contributed by atoms with Crippen molar-refractivity contribution in [2.24, 2.45) is 0 Å². The fraction of sp³-hybridized carbons (Fsp3) is 0.360. The monoisotopic (exact) mass is 438 g/mol. The van der Waals surface area contributed by atoms with Crippen LogP contribution in [-0.4, -0.2) is 65.0 Å². The van der Waals surface area contributed by atoms with Crippen molar-refractivity contribution in [3.05, 3.63) is 64.7 Å². The number of aromatic hydroxyl groups is 1. The fourth-order valence-electron chi connectivity index (χ4n) is 4.08. The second-order valence-electron chi connectivity index (χ2n) is 7.79. The van der Waals surface area contributed by atoms with Crippen LogP contribution >= 0.6 is 0 Å². The van der Waals surface area contributed by atoms with E-state index in [2.05, 4.69) is 4.90 Å². The quantitative estimate of drug-likeness (QED) is 0.373. The molecule has 0 bridgehead atoms. The van der Waals surface area contributed by atoms with Crippen molar-refractivity contribution in [2.75, 3.05) is 33.3 Å². The number of Topliss-reactive ketones (excluding diaryl/α,β-unsaturated/α-hetero) is 1. The van der Waals surface area contributed by atoms with E-state index in [-0.39, 0.29) is 17.1 Å². The molecule has 0 aromatic heterocycles. The third kappa shape index (κ3) is 4.48. The molecule has 2 aromatic rings. The van der Waals surface area contributed by atoms with E-state index < -0.39 is 17.7 Å². The van der Waals surface area contributed by atoms with Crippen molar-refractivity contribution < 1.29 is 24.5 Å². The summed E-state index contributed by atoms with van der Waals surface area (Å²) in [5.41, 5.74) is 1.89. The number of carbonyl (C=O) groups is 2. The minimum atomic E-state index is -0.743. The third-order valence-electron chi connectivity index (χ3n) is 5.99. The molecule has 1 heterocycles. The summed E-state index contributed by atoms with van der Waals surface area (Å²) in [6, 6.07) is 10.8. The van der Waals surface area contributed by atoms with Gasteiger partial charge in [0, 0.05) is 18.7 Å². The van der Waals surface area contributed by atoms with Crippen molar-refractivity contribution in [3.8, 4) is 11.5 Å². The van der Waals surface area contributed by atoms with Crippen LogP contribution in [0.1, 0.15) is 36.6 Å². The zero-order chi connectivity index (χ0) is 23.4. The summed E-state index contributed by atoms with van der Waals surface area (Å²) in [5.74, 6) is -0.848. The van der Waals surface area contributed by atoms with Crippen molar-refractivity contribution in [2.45, 2.75) is 26.8 Å². The van der Waals surface area contributed by atoms with Crippen LogP contribution in [0.2, 0.25) is 0 Å². The summed E-state index contributed by atoms with van der Waals surface area (Å²) in [4.78, 5) is 29.8. The molecule has 2 N–H and O–H groups in total. The molecule has 1 aliphatic rings. The van der Waals surface area contributed by atoms with Gasteiger partial charge < -0.3 is 24.7 Å². The first-order chi connectivity index (χ1) is 15.3. The molecule has 7 heteroatoms. The molecule has 1 aliphatic heterocycles. The minimum Gasteiger partial charge on any atom is -0.508 e. The molecule has 1 fully saturated rings. The zero-order valence-corrected chi connectivity index (χ0v) is 19.0. The zero-order valence-electron chi connectivity index (χ0n) is 19.0. The molecule has 32 heavy (non-hydrogen) atoms. The number of aliphatic hydroxyl groups is 1. The van der Waals surface area contributed by atoms with Crippen LogP contribution in [0.15, 0.2) is 48.0 Å². The predicted molar refractivity (Wildman–Crippen MR) is 123 cm³/mol. The van der Waals surface area contributed by atoms with Crippen LogP contribution in [0.25, 0.3) is 5.76 Å². The van der Waals surface area contributed by atoms with Crippen LogP contribution in [0.5, 0.6) is 11.5 Å². The summed E-state index contributed by atoms with van der Waals surface area (Å²) in [5, 5.41) is 20.9. The van der Waals surface area contributed by atoms with E-state index in [1.807, 2.05) is 20.8 Å². The molecule has 0 saturated carbocycles. The predicted octanol–water partition coefficient (Wildman–Crippen LogP) is 3.47. The molecule has 3 rings (SSSR count). The number of nitrogens with zero attached hydrogens (tertiary/aromatic N) is 2. The van der Waals surface area contributed by atoms with Crippen LogP contribution < -0.4 is 4.74 Å². The van der Waals surface area contributed by atoms with Gasteiger partial charge in [0.1, 0.15) is 17.3 Å². The summed E-state index contributed by atoms with van der Waals surface area (Å²) in [6.45, 7) is 8.50. The van der Waals surface area contributed by atoms with Crippen molar-refractivity contribution >= 4 is 17.4 Å². The minimum absolute atomic E-state index is 0.0495. The average molecular weight is 439 g/mol. The molecule has 0 radical (unpaired) electrons. The first-order valence-electron chi connectivity index (χ1n) is 10.8. The smallest absolute Gasteiger partial charge is 0.295 e. The van der Waals surface area contributed by atoms with E-state index in [1.165, 1.54) is 17.0 Å². The molecule has 7 nitrogen and oxygen atoms in total. The Morgan fingerprint density at radius 2 is 1.75 bits per heavy atom. The number of ether oxygens (including phenoxy) is 1. The number of ketones is 1. The van der Waals surface area contributed by atoms with Crippen molar-refractivity contribution in [1.82, 2.24) is 9.80 Å².